The second-order valence-corrected chi connectivity index (χ2v) is 9.35. The Balaban J connectivity index is 1.83. The van der Waals surface area contributed by atoms with Crippen LogP contribution in [0.15, 0.2) is 36.4 Å². The minimum absolute atomic E-state index is 0.248. The van der Waals surface area contributed by atoms with Gasteiger partial charge in [-0.15, -0.1) is 11.3 Å². The summed E-state index contributed by atoms with van der Waals surface area (Å²) in [4.78, 5) is 27.1. The number of nitrogens with two attached hydrogens (primary N) is 1. The van der Waals surface area contributed by atoms with E-state index in [2.05, 4.69) is 5.32 Å². The van der Waals surface area contributed by atoms with Crippen molar-refractivity contribution in [3.05, 3.63) is 42.0 Å². The molecule has 4 N–H and O–H groups in total. The van der Waals surface area contributed by atoms with E-state index in [9.17, 15) is 14.7 Å². The average Bonchev–Trinajstić information content (AvgIpc) is 3.03. The molecule has 150 valence electrons. The molecule has 0 aliphatic carbocycles. The molecule has 1 fully saturated rings. The molecule has 0 bridgehead atoms. The number of anilines is 1. The topological polar surface area (TPSA) is 95.7 Å². The summed E-state index contributed by atoms with van der Waals surface area (Å²) in [6.07, 6.45) is 0.519. The van der Waals surface area contributed by atoms with Crippen LogP contribution in [0.3, 0.4) is 0 Å². The van der Waals surface area contributed by atoms with Crippen LogP contribution in [0, 0.1) is 5.41 Å². The van der Waals surface area contributed by atoms with Gasteiger partial charge in [-0.2, -0.15) is 0 Å². The fourth-order valence-electron chi connectivity index (χ4n) is 4.01. The molecule has 28 heavy (non-hydrogen) atoms. The van der Waals surface area contributed by atoms with E-state index < -0.39 is 6.09 Å². The first kappa shape index (κ1) is 20.2. The van der Waals surface area contributed by atoms with E-state index >= 15 is 0 Å². The molecule has 2 aromatic rings. The minimum Gasteiger partial charge on any atom is -0.465 e. The largest absolute Gasteiger partial charge is 0.465 e. The van der Waals surface area contributed by atoms with Crippen LogP contribution in [0.1, 0.15) is 44.0 Å². The fourth-order valence-corrected chi connectivity index (χ4v) is 4.94. The van der Waals surface area contributed by atoms with E-state index in [1.165, 1.54) is 16.2 Å². The van der Waals surface area contributed by atoms with Gasteiger partial charge in [0.2, 0.25) is 0 Å². The van der Waals surface area contributed by atoms with Gasteiger partial charge < -0.3 is 21.1 Å². The molecule has 1 saturated heterocycles. The number of hydrogen-bond acceptors (Lipinski definition) is 4. The van der Waals surface area contributed by atoms with Gasteiger partial charge in [0.15, 0.2) is 0 Å². The van der Waals surface area contributed by atoms with Gasteiger partial charge in [-0.3, -0.25) is 4.79 Å². The molecular weight excluding hydrogens is 374 g/mol. The fraction of sp³-hybridized carbons (Fsp3) is 0.429. The van der Waals surface area contributed by atoms with Crippen molar-refractivity contribution in [3.63, 3.8) is 0 Å². The first-order valence-electron chi connectivity index (χ1n) is 9.43. The Hall–Kier alpha value is -2.54. The van der Waals surface area contributed by atoms with Gasteiger partial charge in [-0.05, 0) is 29.9 Å². The first-order chi connectivity index (χ1) is 13.2. The SMILES string of the molecule is CC(C)(C)C1[C@@H](NC(=O)c2cc(-c3ccccc3)sc2N)CCCN1C(=O)O. The highest BCUT2D eigenvalue weighted by Gasteiger charge is 2.42. The number of benzene rings is 1. The van der Waals surface area contributed by atoms with Crippen molar-refractivity contribution in [1.82, 2.24) is 10.2 Å². The molecular formula is C21H27N3O3S. The zero-order chi connectivity index (χ0) is 20.5. The summed E-state index contributed by atoms with van der Waals surface area (Å²) in [6, 6.07) is 11.1. The average molecular weight is 402 g/mol. The predicted molar refractivity (Wildman–Crippen MR) is 113 cm³/mol. The second kappa shape index (κ2) is 7.83. The number of piperidine rings is 1. The van der Waals surface area contributed by atoms with Crippen LogP contribution in [-0.4, -0.2) is 40.6 Å². The van der Waals surface area contributed by atoms with Crippen molar-refractivity contribution in [2.24, 2.45) is 5.41 Å². The number of nitrogens with one attached hydrogen (secondary N) is 1. The Bertz CT molecular complexity index is 858. The molecule has 2 amide bonds. The number of carboxylic acid groups (broad SMARTS) is 1. The molecule has 1 unspecified atom stereocenters. The van der Waals surface area contributed by atoms with E-state index in [-0.39, 0.29) is 23.4 Å². The molecule has 2 atom stereocenters. The van der Waals surface area contributed by atoms with Crippen LogP contribution in [0.25, 0.3) is 10.4 Å². The maximum absolute atomic E-state index is 13.0. The molecule has 0 spiro atoms. The number of carbonyl (C=O) groups excluding carboxylic acids is 1. The lowest BCUT2D eigenvalue weighted by molar-refractivity contribution is 0.0359. The van der Waals surface area contributed by atoms with E-state index in [1.807, 2.05) is 57.2 Å². The zero-order valence-corrected chi connectivity index (χ0v) is 17.3. The van der Waals surface area contributed by atoms with Crippen LogP contribution in [0.2, 0.25) is 0 Å². The third-order valence-corrected chi connectivity index (χ3v) is 6.16. The quantitative estimate of drug-likeness (QED) is 0.715. The van der Waals surface area contributed by atoms with Gasteiger partial charge in [-0.25, -0.2) is 4.79 Å². The Morgan fingerprint density at radius 1 is 1.25 bits per heavy atom. The van der Waals surface area contributed by atoms with Crippen LogP contribution in [0.5, 0.6) is 0 Å². The number of nitrogens with zero attached hydrogens (tertiary/aromatic N) is 1. The zero-order valence-electron chi connectivity index (χ0n) is 16.4. The molecule has 1 aliphatic heterocycles. The Morgan fingerprint density at radius 2 is 1.93 bits per heavy atom. The maximum atomic E-state index is 13.0. The van der Waals surface area contributed by atoms with Gasteiger partial charge in [0.25, 0.3) is 5.91 Å². The van der Waals surface area contributed by atoms with Crippen molar-refractivity contribution in [2.75, 3.05) is 12.3 Å². The van der Waals surface area contributed by atoms with Gasteiger partial charge in [0.1, 0.15) is 0 Å². The number of carbonyl (C=O) groups is 2. The molecule has 1 aromatic carbocycles. The Morgan fingerprint density at radius 3 is 2.54 bits per heavy atom. The molecule has 3 rings (SSSR count). The van der Waals surface area contributed by atoms with Gasteiger partial charge >= 0.3 is 6.09 Å². The van der Waals surface area contributed by atoms with Crippen LogP contribution >= 0.6 is 11.3 Å². The summed E-state index contributed by atoms with van der Waals surface area (Å²) >= 11 is 1.38. The highest BCUT2D eigenvalue weighted by atomic mass is 32.1. The number of likely N-dealkylation sites (tertiary alicyclic amines) is 1. The lowest BCUT2D eigenvalue weighted by Gasteiger charge is -2.46. The third-order valence-electron chi connectivity index (χ3n) is 5.14. The summed E-state index contributed by atoms with van der Waals surface area (Å²) in [5.74, 6) is -0.248. The number of rotatable bonds is 3. The summed E-state index contributed by atoms with van der Waals surface area (Å²) in [5.41, 5.74) is 7.30. The Labute approximate surface area is 169 Å². The predicted octanol–water partition coefficient (Wildman–Crippen LogP) is 4.28. The van der Waals surface area contributed by atoms with Crippen molar-refractivity contribution in [2.45, 2.75) is 45.7 Å². The third kappa shape index (κ3) is 4.14. The highest BCUT2D eigenvalue weighted by molar-refractivity contribution is 7.19. The van der Waals surface area contributed by atoms with Crippen molar-refractivity contribution in [3.8, 4) is 10.4 Å². The van der Waals surface area contributed by atoms with Gasteiger partial charge in [-0.1, -0.05) is 51.1 Å². The van der Waals surface area contributed by atoms with Crippen molar-refractivity contribution >= 4 is 28.3 Å². The maximum Gasteiger partial charge on any atom is 0.407 e. The molecule has 2 heterocycles. The molecule has 1 aromatic heterocycles. The van der Waals surface area contributed by atoms with E-state index in [0.717, 1.165) is 23.3 Å². The number of amides is 2. The number of hydrogen-bond donors (Lipinski definition) is 3. The standard InChI is InChI=1S/C21H27N3O3S/c1-21(2,3)17-15(10-7-11-24(17)20(26)27)23-19(25)14-12-16(28-18(14)22)13-8-5-4-6-9-13/h4-6,8-9,12,15,17H,7,10-11,22H2,1-3H3,(H,23,25)(H,26,27)/t15-,17?/m0/s1. The van der Waals surface area contributed by atoms with E-state index in [1.54, 1.807) is 0 Å². The van der Waals surface area contributed by atoms with Crippen LogP contribution in [0.4, 0.5) is 9.80 Å². The normalized spacial score (nSPS) is 20.0. The van der Waals surface area contributed by atoms with Gasteiger partial charge in [0, 0.05) is 11.4 Å². The molecule has 7 heteroatoms. The molecule has 0 radical (unpaired) electrons. The van der Waals surface area contributed by atoms with E-state index in [4.69, 9.17) is 5.73 Å². The van der Waals surface area contributed by atoms with Crippen LogP contribution < -0.4 is 11.1 Å². The second-order valence-electron chi connectivity index (χ2n) is 8.26. The molecule has 0 saturated carbocycles. The number of nitrogen functional groups attached to an aromatic ring is 1. The lowest BCUT2D eigenvalue weighted by Crippen LogP contribution is -2.61. The Kier molecular flexibility index (Phi) is 5.65. The summed E-state index contributed by atoms with van der Waals surface area (Å²) in [5, 5.41) is 13.1. The summed E-state index contributed by atoms with van der Waals surface area (Å²) in [7, 11) is 0. The number of thiophene rings is 1. The van der Waals surface area contributed by atoms with Crippen LogP contribution in [-0.2, 0) is 0 Å². The molecule has 1 aliphatic rings. The smallest absolute Gasteiger partial charge is 0.407 e. The first-order valence-corrected chi connectivity index (χ1v) is 10.3. The summed E-state index contributed by atoms with van der Waals surface area (Å²) in [6.45, 7) is 6.50. The molecule has 6 nitrogen and oxygen atoms in total. The van der Waals surface area contributed by atoms with Crippen molar-refractivity contribution in [1.29, 1.82) is 0 Å². The van der Waals surface area contributed by atoms with Crippen molar-refractivity contribution < 1.29 is 14.7 Å². The monoisotopic (exact) mass is 401 g/mol. The lowest BCUT2D eigenvalue weighted by atomic mass is 9.77. The van der Waals surface area contributed by atoms with E-state index in [0.29, 0.717) is 17.1 Å². The van der Waals surface area contributed by atoms with Gasteiger partial charge in [0.05, 0.1) is 22.6 Å². The summed E-state index contributed by atoms with van der Waals surface area (Å²) < 4.78 is 0. The highest BCUT2D eigenvalue weighted by Crippen LogP contribution is 2.35. The minimum atomic E-state index is -0.944.